The molecule has 0 saturated carbocycles. The highest BCUT2D eigenvalue weighted by Gasteiger charge is 2.51. The summed E-state index contributed by atoms with van der Waals surface area (Å²) in [6.07, 6.45) is 0. The standard InChI is InChI=1S/C17H36O3Si4/c1-16(2)24(19-22(6,7)8,17-14-12-11-13-15-17)20-23(9,10)18-21(3,4)5/h11-16H,1-10H3. The SMILES string of the molecule is CC(C)[Si](O[Si](C)(C)C)(O[Si](C)(C)O[Si](C)(C)C)c1ccccc1. The molecule has 0 radical (unpaired) electrons. The van der Waals surface area contributed by atoms with Gasteiger partial charge in [-0.15, -0.1) is 0 Å². The van der Waals surface area contributed by atoms with Crippen LogP contribution in [0.3, 0.4) is 0 Å². The van der Waals surface area contributed by atoms with Crippen LogP contribution in [0.15, 0.2) is 30.3 Å². The molecule has 0 fully saturated rings. The van der Waals surface area contributed by atoms with Crippen molar-refractivity contribution in [2.75, 3.05) is 0 Å². The Labute approximate surface area is 153 Å². The first-order chi connectivity index (χ1) is 10.7. The Morgan fingerprint density at radius 2 is 1.12 bits per heavy atom. The molecule has 0 heterocycles. The Bertz CT molecular complexity index is 521. The Morgan fingerprint density at radius 3 is 1.50 bits per heavy atom. The molecule has 0 aromatic heterocycles. The topological polar surface area (TPSA) is 27.7 Å². The zero-order valence-corrected chi connectivity index (χ0v) is 21.2. The lowest BCUT2D eigenvalue weighted by Gasteiger charge is -2.45. The number of hydrogen-bond donors (Lipinski definition) is 0. The summed E-state index contributed by atoms with van der Waals surface area (Å²) in [7, 11) is -8.35. The third-order valence-electron chi connectivity index (χ3n) is 3.34. The molecule has 1 atom stereocenters. The fourth-order valence-corrected chi connectivity index (χ4v) is 20.7. The first-order valence-electron chi connectivity index (χ1n) is 8.83. The van der Waals surface area contributed by atoms with E-state index < -0.39 is 33.8 Å². The smallest absolute Gasteiger partial charge is 0.356 e. The molecule has 0 aliphatic rings. The highest BCUT2D eigenvalue weighted by molar-refractivity contribution is 6.96. The molecule has 0 bridgehead atoms. The van der Waals surface area contributed by atoms with E-state index in [0.29, 0.717) is 5.54 Å². The molecular weight excluding hydrogens is 365 g/mol. The largest absolute Gasteiger partial charge is 0.437 e. The summed E-state index contributed by atoms with van der Waals surface area (Å²) in [5.41, 5.74) is 0.323. The van der Waals surface area contributed by atoms with Crippen LogP contribution in [0, 0.1) is 0 Å². The van der Waals surface area contributed by atoms with Gasteiger partial charge in [-0.05, 0) is 63.1 Å². The zero-order valence-electron chi connectivity index (χ0n) is 17.2. The van der Waals surface area contributed by atoms with E-state index in [1.165, 1.54) is 5.19 Å². The summed E-state index contributed by atoms with van der Waals surface area (Å²) < 4.78 is 20.3. The quantitative estimate of drug-likeness (QED) is 0.564. The maximum Gasteiger partial charge on any atom is 0.356 e. The second kappa shape index (κ2) is 7.69. The predicted octanol–water partition coefficient (Wildman–Crippen LogP) is 5.17. The van der Waals surface area contributed by atoms with Crippen molar-refractivity contribution in [2.24, 2.45) is 0 Å². The lowest BCUT2D eigenvalue weighted by molar-refractivity contribution is 0.322. The number of rotatable bonds is 8. The lowest BCUT2D eigenvalue weighted by Crippen LogP contribution is -2.66. The second-order valence-corrected chi connectivity index (χ2v) is 25.9. The van der Waals surface area contributed by atoms with Crippen LogP contribution >= 0.6 is 0 Å². The fourth-order valence-electron chi connectivity index (χ4n) is 2.96. The van der Waals surface area contributed by atoms with Crippen molar-refractivity contribution in [1.82, 2.24) is 0 Å². The summed E-state index contributed by atoms with van der Waals surface area (Å²) in [5, 5.41) is 1.22. The van der Waals surface area contributed by atoms with E-state index in [2.05, 4.69) is 96.6 Å². The monoisotopic (exact) mass is 400 g/mol. The van der Waals surface area contributed by atoms with Crippen molar-refractivity contribution >= 4 is 38.9 Å². The molecule has 24 heavy (non-hydrogen) atoms. The van der Waals surface area contributed by atoms with Gasteiger partial charge in [0.15, 0.2) is 16.6 Å². The molecule has 0 aliphatic carbocycles. The molecule has 1 aromatic carbocycles. The third kappa shape index (κ3) is 6.70. The average molecular weight is 401 g/mol. The number of benzene rings is 1. The van der Waals surface area contributed by atoms with Crippen LogP contribution in [0.2, 0.25) is 57.9 Å². The van der Waals surface area contributed by atoms with Gasteiger partial charge in [-0.3, -0.25) is 0 Å². The second-order valence-electron chi connectivity index (χ2n) is 9.12. The van der Waals surface area contributed by atoms with Gasteiger partial charge in [-0.2, -0.15) is 0 Å². The zero-order chi connectivity index (χ0) is 18.8. The van der Waals surface area contributed by atoms with E-state index in [0.717, 1.165) is 0 Å². The van der Waals surface area contributed by atoms with Crippen molar-refractivity contribution < 1.29 is 12.3 Å². The van der Waals surface area contributed by atoms with Gasteiger partial charge in [0, 0.05) is 0 Å². The molecule has 1 unspecified atom stereocenters. The van der Waals surface area contributed by atoms with E-state index in [4.69, 9.17) is 12.3 Å². The van der Waals surface area contributed by atoms with Gasteiger partial charge >= 0.3 is 17.1 Å². The molecule has 0 aliphatic heterocycles. The van der Waals surface area contributed by atoms with E-state index in [1.54, 1.807) is 0 Å². The third-order valence-corrected chi connectivity index (χ3v) is 17.3. The van der Waals surface area contributed by atoms with Gasteiger partial charge in [0.1, 0.15) is 0 Å². The van der Waals surface area contributed by atoms with Crippen molar-refractivity contribution in [3.63, 3.8) is 0 Å². The van der Waals surface area contributed by atoms with Crippen LogP contribution in [0.1, 0.15) is 13.8 Å². The first-order valence-corrected chi connectivity index (χ1v) is 20.4. The van der Waals surface area contributed by atoms with E-state index >= 15 is 0 Å². The van der Waals surface area contributed by atoms with Crippen molar-refractivity contribution in [3.8, 4) is 0 Å². The minimum absolute atomic E-state index is 0.323. The normalized spacial score (nSPS) is 16.3. The average Bonchev–Trinajstić information content (AvgIpc) is 2.33. The molecule has 1 aromatic rings. The van der Waals surface area contributed by atoms with Crippen LogP contribution in [0.5, 0.6) is 0 Å². The van der Waals surface area contributed by atoms with Crippen LogP contribution in [0.25, 0.3) is 0 Å². The van der Waals surface area contributed by atoms with Gasteiger partial charge in [0.25, 0.3) is 0 Å². The van der Waals surface area contributed by atoms with Crippen molar-refractivity contribution in [3.05, 3.63) is 30.3 Å². The van der Waals surface area contributed by atoms with Crippen LogP contribution in [-0.4, -0.2) is 33.8 Å². The van der Waals surface area contributed by atoms with Gasteiger partial charge in [-0.1, -0.05) is 44.2 Å². The summed E-state index contributed by atoms with van der Waals surface area (Å²) in [6.45, 7) is 22.2. The Balaban J connectivity index is 3.36. The molecule has 3 nitrogen and oxygen atoms in total. The molecular formula is C17H36O3Si4. The summed E-state index contributed by atoms with van der Waals surface area (Å²) in [4.78, 5) is 0. The van der Waals surface area contributed by atoms with E-state index in [9.17, 15) is 0 Å². The van der Waals surface area contributed by atoms with E-state index in [1.807, 2.05) is 0 Å². The van der Waals surface area contributed by atoms with Gasteiger partial charge in [0.2, 0.25) is 0 Å². The molecule has 7 heteroatoms. The highest BCUT2D eigenvalue weighted by atomic mass is 28.5. The van der Waals surface area contributed by atoms with Crippen LogP contribution in [-0.2, 0) is 12.3 Å². The van der Waals surface area contributed by atoms with Gasteiger partial charge < -0.3 is 12.3 Å². The fraction of sp³-hybridized carbons (Fsp3) is 0.647. The first kappa shape index (κ1) is 22.0. The van der Waals surface area contributed by atoms with E-state index in [-0.39, 0.29) is 0 Å². The molecule has 1 rings (SSSR count). The Kier molecular flexibility index (Phi) is 7.05. The predicted molar refractivity (Wildman–Crippen MR) is 114 cm³/mol. The minimum atomic E-state index is -2.60. The minimum Gasteiger partial charge on any atom is -0.437 e. The van der Waals surface area contributed by atoms with Crippen molar-refractivity contribution in [2.45, 2.75) is 71.8 Å². The van der Waals surface area contributed by atoms with Crippen molar-refractivity contribution in [1.29, 1.82) is 0 Å². The molecule has 0 amide bonds. The molecule has 0 N–H and O–H groups in total. The molecule has 0 saturated heterocycles. The Hall–Kier alpha value is -0.0325. The molecule has 0 spiro atoms. The molecule has 138 valence electrons. The summed E-state index contributed by atoms with van der Waals surface area (Å²) in [6, 6.07) is 10.6. The van der Waals surface area contributed by atoms with Crippen LogP contribution in [0.4, 0.5) is 0 Å². The van der Waals surface area contributed by atoms with Gasteiger partial charge in [-0.25, -0.2) is 0 Å². The summed E-state index contributed by atoms with van der Waals surface area (Å²) >= 11 is 0. The Morgan fingerprint density at radius 1 is 0.667 bits per heavy atom. The van der Waals surface area contributed by atoms with Gasteiger partial charge in [0.05, 0.1) is 0 Å². The maximum absolute atomic E-state index is 6.93. The van der Waals surface area contributed by atoms with Crippen LogP contribution < -0.4 is 5.19 Å². The maximum atomic E-state index is 6.93. The number of hydrogen-bond acceptors (Lipinski definition) is 3. The summed E-state index contributed by atoms with van der Waals surface area (Å²) in [5.74, 6) is 0. The lowest BCUT2D eigenvalue weighted by atomic mass is 10.4. The highest BCUT2D eigenvalue weighted by Crippen LogP contribution is 2.31.